The van der Waals surface area contributed by atoms with Crippen molar-refractivity contribution in [2.75, 3.05) is 0 Å². The first-order chi connectivity index (χ1) is 7.86. The van der Waals surface area contributed by atoms with Crippen molar-refractivity contribution in [1.82, 2.24) is 5.32 Å². The molecule has 0 saturated heterocycles. The van der Waals surface area contributed by atoms with Crippen molar-refractivity contribution in [2.24, 2.45) is 16.6 Å². The highest BCUT2D eigenvalue weighted by molar-refractivity contribution is 7.80. The van der Waals surface area contributed by atoms with E-state index in [1.165, 1.54) is 6.42 Å². The van der Waals surface area contributed by atoms with E-state index in [2.05, 4.69) is 19.2 Å². The predicted octanol–water partition coefficient (Wildman–Crippen LogP) is 2.14. The SMILES string of the molecule is CC1(C)CCC(NC(=O)C2(C(N)=S)CCC2)C1. The second-order valence-electron chi connectivity index (χ2n) is 6.38. The maximum Gasteiger partial charge on any atom is 0.233 e. The van der Waals surface area contributed by atoms with Crippen LogP contribution in [-0.4, -0.2) is 16.9 Å². The molecule has 0 aromatic rings. The number of hydrogen-bond donors (Lipinski definition) is 2. The molecule has 0 spiro atoms. The lowest BCUT2D eigenvalue weighted by Gasteiger charge is -2.39. The minimum atomic E-state index is -0.526. The minimum absolute atomic E-state index is 0.0685. The normalized spacial score (nSPS) is 29.4. The van der Waals surface area contributed by atoms with Crippen LogP contribution in [0.2, 0.25) is 0 Å². The zero-order chi connectivity index (χ0) is 12.7. The number of nitrogens with two attached hydrogens (primary N) is 1. The van der Waals surface area contributed by atoms with Crippen LogP contribution in [-0.2, 0) is 4.79 Å². The molecule has 3 nitrogen and oxygen atoms in total. The van der Waals surface area contributed by atoms with Crippen LogP contribution in [0.3, 0.4) is 0 Å². The average molecular weight is 254 g/mol. The van der Waals surface area contributed by atoms with Gasteiger partial charge in [0.2, 0.25) is 5.91 Å². The number of amides is 1. The van der Waals surface area contributed by atoms with E-state index in [1.807, 2.05) is 0 Å². The Balaban J connectivity index is 1.96. The number of hydrogen-bond acceptors (Lipinski definition) is 2. The highest BCUT2D eigenvalue weighted by atomic mass is 32.1. The van der Waals surface area contributed by atoms with Crippen molar-refractivity contribution in [3.8, 4) is 0 Å². The van der Waals surface area contributed by atoms with E-state index in [4.69, 9.17) is 18.0 Å². The van der Waals surface area contributed by atoms with Gasteiger partial charge in [-0.15, -0.1) is 0 Å². The van der Waals surface area contributed by atoms with Crippen LogP contribution in [0.4, 0.5) is 0 Å². The zero-order valence-electron chi connectivity index (χ0n) is 10.7. The van der Waals surface area contributed by atoms with E-state index >= 15 is 0 Å². The van der Waals surface area contributed by atoms with E-state index in [0.717, 1.165) is 32.1 Å². The van der Waals surface area contributed by atoms with Crippen molar-refractivity contribution >= 4 is 23.1 Å². The summed E-state index contributed by atoms with van der Waals surface area (Å²) in [4.78, 5) is 12.7. The summed E-state index contributed by atoms with van der Waals surface area (Å²) in [5, 5.41) is 3.15. The Morgan fingerprint density at radius 1 is 1.35 bits per heavy atom. The Morgan fingerprint density at radius 3 is 2.35 bits per heavy atom. The molecule has 3 N–H and O–H groups in total. The summed E-state index contributed by atoms with van der Waals surface area (Å²) in [7, 11) is 0. The third-order valence-corrected chi connectivity index (χ3v) is 4.81. The number of rotatable bonds is 3. The Bertz CT molecular complexity index is 347. The molecule has 1 amide bonds. The smallest absolute Gasteiger partial charge is 0.233 e. The summed E-state index contributed by atoms with van der Waals surface area (Å²) < 4.78 is 0. The molecule has 2 rings (SSSR count). The standard InChI is InChI=1S/C13H22N2OS/c1-12(2)7-4-9(8-12)15-11(16)13(10(14)17)5-3-6-13/h9H,3-8H2,1-2H3,(H2,14,17)(H,15,16). The summed E-state index contributed by atoms with van der Waals surface area (Å²) >= 11 is 5.06. The van der Waals surface area contributed by atoms with Gasteiger partial charge in [-0.1, -0.05) is 32.5 Å². The van der Waals surface area contributed by atoms with Crippen molar-refractivity contribution in [3.63, 3.8) is 0 Å². The van der Waals surface area contributed by atoms with Crippen LogP contribution in [0, 0.1) is 10.8 Å². The molecule has 0 bridgehead atoms. The summed E-state index contributed by atoms with van der Waals surface area (Å²) in [6, 6.07) is 0.310. The van der Waals surface area contributed by atoms with E-state index in [1.54, 1.807) is 0 Å². The monoisotopic (exact) mass is 254 g/mol. The van der Waals surface area contributed by atoms with Gasteiger partial charge in [0.25, 0.3) is 0 Å². The number of thiocarbonyl (C=S) groups is 1. The zero-order valence-corrected chi connectivity index (χ0v) is 11.5. The summed E-state index contributed by atoms with van der Waals surface area (Å²) in [6.07, 6.45) is 6.02. The summed E-state index contributed by atoms with van der Waals surface area (Å²) in [5.74, 6) is 0.0685. The third-order valence-electron chi connectivity index (χ3n) is 4.42. The molecule has 4 heteroatoms. The number of carbonyl (C=O) groups excluding carboxylic acids is 1. The van der Waals surface area contributed by atoms with Gasteiger partial charge in [0.15, 0.2) is 0 Å². The molecule has 0 heterocycles. The van der Waals surface area contributed by atoms with Crippen molar-refractivity contribution in [3.05, 3.63) is 0 Å². The van der Waals surface area contributed by atoms with Gasteiger partial charge in [-0.05, 0) is 37.5 Å². The lowest BCUT2D eigenvalue weighted by molar-refractivity contribution is -0.131. The molecule has 1 atom stereocenters. The topological polar surface area (TPSA) is 55.1 Å². The fraction of sp³-hybridized carbons (Fsp3) is 0.846. The maximum atomic E-state index is 12.3. The largest absolute Gasteiger partial charge is 0.392 e. The predicted molar refractivity (Wildman–Crippen MR) is 72.6 cm³/mol. The molecule has 2 aliphatic carbocycles. The fourth-order valence-electron chi connectivity index (χ4n) is 3.00. The van der Waals surface area contributed by atoms with Crippen LogP contribution in [0.5, 0.6) is 0 Å². The second-order valence-corrected chi connectivity index (χ2v) is 6.82. The Hall–Kier alpha value is -0.640. The summed E-state index contributed by atoms with van der Waals surface area (Å²) in [6.45, 7) is 4.51. The van der Waals surface area contributed by atoms with Crippen LogP contribution in [0.15, 0.2) is 0 Å². The Labute approximate surface area is 109 Å². The van der Waals surface area contributed by atoms with E-state index in [9.17, 15) is 4.79 Å². The average Bonchev–Trinajstić information content (AvgIpc) is 2.42. The molecule has 1 unspecified atom stereocenters. The van der Waals surface area contributed by atoms with Gasteiger partial charge >= 0.3 is 0 Å². The first-order valence-electron chi connectivity index (χ1n) is 6.47. The van der Waals surface area contributed by atoms with Crippen LogP contribution >= 0.6 is 12.2 Å². The van der Waals surface area contributed by atoms with Gasteiger partial charge in [0.05, 0.1) is 10.4 Å². The minimum Gasteiger partial charge on any atom is -0.392 e. The first-order valence-corrected chi connectivity index (χ1v) is 6.87. The highest BCUT2D eigenvalue weighted by Gasteiger charge is 2.48. The van der Waals surface area contributed by atoms with E-state index in [-0.39, 0.29) is 5.91 Å². The Morgan fingerprint density at radius 2 is 2.00 bits per heavy atom. The van der Waals surface area contributed by atoms with Crippen LogP contribution in [0.25, 0.3) is 0 Å². The van der Waals surface area contributed by atoms with E-state index < -0.39 is 5.41 Å². The first kappa shape index (κ1) is 12.8. The van der Waals surface area contributed by atoms with Gasteiger partial charge in [-0.3, -0.25) is 4.79 Å². The molecule has 2 saturated carbocycles. The van der Waals surface area contributed by atoms with Gasteiger partial charge < -0.3 is 11.1 Å². The second kappa shape index (κ2) is 4.23. The molecular formula is C13H22N2OS. The highest BCUT2D eigenvalue weighted by Crippen LogP contribution is 2.43. The van der Waals surface area contributed by atoms with Gasteiger partial charge in [0, 0.05) is 6.04 Å². The molecule has 96 valence electrons. The molecule has 0 aliphatic heterocycles. The molecule has 0 radical (unpaired) electrons. The molecule has 2 aliphatic rings. The van der Waals surface area contributed by atoms with Gasteiger partial charge in [0.1, 0.15) is 0 Å². The van der Waals surface area contributed by atoms with E-state index in [0.29, 0.717) is 16.4 Å². The molecule has 17 heavy (non-hydrogen) atoms. The van der Waals surface area contributed by atoms with Gasteiger partial charge in [-0.25, -0.2) is 0 Å². The number of nitrogens with one attached hydrogen (secondary N) is 1. The van der Waals surface area contributed by atoms with Crippen LogP contribution in [0.1, 0.15) is 52.4 Å². The lowest BCUT2D eigenvalue weighted by Crippen LogP contribution is -2.54. The quantitative estimate of drug-likeness (QED) is 0.759. The molecular weight excluding hydrogens is 232 g/mol. The van der Waals surface area contributed by atoms with Crippen molar-refractivity contribution < 1.29 is 4.79 Å². The maximum absolute atomic E-state index is 12.3. The van der Waals surface area contributed by atoms with Crippen molar-refractivity contribution in [1.29, 1.82) is 0 Å². The summed E-state index contributed by atoms with van der Waals surface area (Å²) in [5.41, 5.74) is 5.56. The molecule has 2 fully saturated rings. The Kier molecular flexibility index (Phi) is 3.19. The molecule has 0 aromatic carbocycles. The fourth-order valence-corrected chi connectivity index (χ4v) is 3.30. The third kappa shape index (κ3) is 2.32. The lowest BCUT2D eigenvalue weighted by atomic mass is 9.68. The van der Waals surface area contributed by atoms with Crippen molar-refractivity contribution in [2.45, 2.75) is 58.4 Å². The molecule has 0 aromatic heterocycles. The van der Waals surface area contributed by atoms with Crippen LogP contribution < -0.4 is 11.1 Å². The number of carbonyl (C=O) groups is 1. The van der Waals surface area contributed by atoms with Gasteiger partial charge in [-0.2, -0.15) is 0 Å².